The van der Waals surface area contributed by atoms with Gasteiger partial charge < -0.3 is 10.1 Å². The number of nitrogens with zero attached hydrogens (tertiary/aromatic N) is 1. The molecule has 0 bridgehead atoms. The minimum absolute atomic E-state index is 0.230. The molecule has 0 radical (unpaired) electrons. The topological polar surface area (TPSA) is 75.7 Å². The van der Waals surface area contributed by atoms with Gasteiger partial charge in [-0.3, -0.25) is 4.79 Å². The van der Waals surface area contributed by atoms with Crippen LogP contribution in [0.1, 0.15) is 30.4 Å². The van der Waals surface area contributed by atoms with Gasteiger partial charge in [-0.15, -0.1) is 0 Å². The summed E-state index contributed by atoms with van der Waals surface area (Å²) in [6.45, 7) is 2.61. The van der Waals surface area contributed by atoms with Crippen molar-refractivity contribution in [2.75, 3.05) is 13.7 Å². The molecule has 0 aromatic heterocycles. The Morgan fingerprint density at radius 1 is 1.11 bits per heavy atom. The van der Waals surface area contributed by atoms with E-state index in [4.69, 9.17) is 4.74 Å². The van der Waals surface area contributed by atoms with Crippen molar-refractivity contribution in [2.24, 2.45) is 0 Å². The zero-order valence-corrected chi connectivity index (χ0v) is 17.0. The second-order valence-corrected chi connectivity index (χ2v) is 8.90. The first-order valence-corrected chi connectivity index (χ1v) is 10.8. The molecule has 1 aliphatic rings. The number of hydrogen-bond donors (Lipinski definition) is 1. The molecule has 6 nitrogen and oxygen atoms in total. The lowest BCUT2D eigenvalue weighted by molar-refractivity contribution is -0.125. The molecule has 150 valence electrons. The van der Waals surface area contributed by atoms with Gasteiger partial charge in [0.05, 0.1) is 12.0 Å². The van der Waals surface area contributed by atoms with Gasteiger partial charge in [0.15, 0.2) is 0 Å². The van der Waals surface area contributed by atoms with E-state index in [1.54, 1.807) is 31.4 Å². The zero-order valence-electron chi connectivity index (χ0n) is 16.2. The summed E-state index contributed by atoms with van der Waals surface area (Å²) in [6.07, 6.45) is 2.12. The molecule has 1 atom stereocenters. The van der Waals surface area contributed by atoms with Crippen molar-refractivity contribution >= 4 is 15.9 Å². The summed E-state index contributed by atoms with van der Waals surface area (Å²) >= 11 is 0. The largest absolute Gasteiger partial charge is 0.497 e. The lowest BCUT2D eigenvalue weighted by Crippen LogP contribution is -2.51. The third-order valence-electron chi connectivity index (χ3n) is 5.01. The van der Waals surface area contributed by atoms with Crippen LogP contribution in [-0.2, 0) is 21.4 Å². The average molecular weight is 403 g/mol. The van der Waals surface area contributed by atoms with Gasteiger partial charge in [0.25, 0.3) is 0 Å². The van der Waals surface area contributed by atoms with Crippen LogP contribution in [-0.4, -0.2) is 38.3 Å². The zero-order chi connectivity index (χ0) is 20.1. The Morgan fingerprint density at radius 3 is 2.43 bits per heavy atom. The Labute approximate surface area is 166 Å². The van der Waals surface area contributed by atoms with E-state index in [0.29, 0.717) is 19.5 Å². The fourth-order valence-corrected chi connectivity index (χ4v) is 5.01. The highest BCUT2D eigenvalue weighted by Crippen LogP contribution is 2.26. The predicted octanol–water partition coefficient (Wildman–Crippen LogP) is 2.86. The van der Waals surface area contributed by atoms with Crippen molar-refractivity contribution in [3.8, 4) is 5.75 Å². The molecular weight excluding hydrogens is 376 g/mol. The summed E-state index contributed by atoms with van der Waals surface area (Å²) in [4.78, 5) is 13.0. The van der Waals surface area contributed by atoms with E-state index in [1.807, 2.05) is 31.2 Å². The summed E-state index contributed by atoms with van der Waals surface area (Å²) in [5.74, 6) is 0.490. The SMILES string of the molecule is COc1ccc(CNC(=O)[C@@H]2CCCCN2S(=O)(=O)c2ccc(C)cc2)cc1. The van der Waals surface area contributed by atoms with Crippen LogP contribution >= 0.6 is 0 Å². The van der Waals surface area contributed by atoms with Crippen molar-refractivity contribution in [3.63, 3.8) is 0 Å². The monoisotopic (exact) mass is 402 g/mol. The molecule has 0 spiro atoms. The normalized spacial score (nSPS) is 17.9. The summed E-state index contributed by atoms with van der Waals surface area (Å²) in [7, 11) is -2.11. The van der Waals surface area contributed by atoms with Crippen LogP contribution in [0.15, 0.2) is 53.4 Å². The van der Waals surface area contributed by atoms with Crippen molar-refractivity contribution in [2.45, 2.75) is 43.7 Å². The molecule has 1 amide bonds. The van der Waals surface area contributed by atoms with Crippen LogP contribution < -0.4 is 10.1 Å². The standard InChI is InChI=1S/C21H26N2O4S/c1-16-6-12-19(13-7-16)28(25,26)23-14-4-3-5-20(23)21(24)22-15-17-8-10-18(27-2)11-9-17/h6-13,20H,3-5,14-15H2,1-2H3,(H,22,24)/t20-/m0/s1. The third-order valence-corrected chi connectivity index (χ3v) is 6.93. The van der Waals surface area contributed by atoms with E-state index in [0.717, 1.165) is 29.7 Å². The van der Waals surface area contributed by atoms with E-state index in [2.05, 4.69) is 5.32 Å². The molecule has 0 unspecified atom stereocenters. The number of piperidine rings is 1. The van der Waals surface area contributed by atoms with Crippen molar-refractivity contribution in [1.82, 2.24) is 9.62 Å². The minimum atomic E-state index is -3.71. The van der Waals surface area contributed by atoms with E-state index in [1.165, 1.54) is 4.31 Å². The first-order chi connectivity index (χ1) is 13.4. The number of carbonyl (C=O) groups excluding carboxylic acids is 1. The van der Waals surface area contributed by atoms with Crippen LogP contribution in [0.2, 0.25) is 0 Å². The van der Waals surface area contributed by atoms with Crippen LogP contribution in [0, 0.1) is 6.92 Å². The second-order valence-electron chi connectivity index (χ2n) is 7.01. The lowest BCUT2D eigenvalue weighted by atomic mass is 10.0. The number of benzene rings is 2. The van der Waals surface area contributed by atoms with E-state index >= 15 is 0 Å². The highest BCUT2D eigenvalue weighted by Gasteiger charge is 2.37. The number of sulfonamides is 1. The minimum Gasteiger partial charge on any atom is -0.497 e. The molecule has 2 aromatic rings. The summed E-state index contributed by atoms with van der Waals surface area (Å²) in [5, 5.41) is 2.88. The molecule has 0 saturated carbocycles. The number of amides is 1. The van der Waals surface area contributed by atoms with Crippen LogP contribution in [0.25, 0.3) is 0 Å². The van der Waals surface area contributed by atoms with Gasteiger partial charge >= 0.3 is 0 Å². The van der Waals surface area contributed by atoms with Gasteiger partial charge in [0.1, 0.15) is 11.8 Å². The predicted molar refractivity (Wildman–Crippen MR) is 108 cm³/mol. The van der Waals surface area contributed by atoms with Gasteiger partial charge in [0, 0.05) is 13.1 Å². The first-order valence-electron chi connectivity index (χ1n) is 9.41. The van der Waals surface area contributed by atoms with Gasteiger partial charge in [-0.2, -0.15) is 4.31 Å². The molecule has 7 heteroatoms. The number of rotatable bonds is 6. The maximum atomic E-state index is 13.1. The van der Waals surface area contributed by atoms with E-state index in [9.17, 15) is 13.2 Å². The molecule has 1 saturated heterocycles. The Hall–Kier alpha value is -2.38. The fourth-order valence-electron chi connectivity index (χ4n) is 3.35. The molecule has 2 aromatic carbocycles. The number of aryl methyl sites for hydroxylation is 1. The maximum Gasteiger partial charge on any atom is 0.243 e. The van der Waals surface area contributed by atoms with Crippen molar-refractivity contribution < 1.29 is 17.9 Å². The Kier molecular flexibility index (Phi) is 6.36. The van der Waals surface area contributed by atoms with Gasteiger partial charge in [-0.05, 0) is 49.6 Å². The Morgan fingerprint density at radius 2 is 1.79 bits per heavy atom. The molecular formula is C21H26N2O4S. The van der Waals surface area contributed by atoms with Crippen LogP contribution in [0.3, 0.4) is 0 Å². The lowest BCUT2D eigenvalue weighted by Gasteiger charge is -2.33. The number of nitrogens with one attached hydrogen (secondary N) is 1. The molecule has 1 fully saturated rings. The smallest absolute Gasteiger partial charge is 0.243 e. The third kappa shape index (κ3) is 4.54. The highest BCUT2D eigenvalue weighted by atomic mass is 32.2. The summed E-state index contributed by atoms with van der Waals surface area (Å²) in [6, 6.07) is 13.5. The molecule has 28 heavy (non-hydrogen) atoms. The molecule has 1 heterocycles. The molecule has 3 rings (SSSR count). The summed E-state index contributed by atoms with van der Waals surface area (Å²) in [5.41, 5.74) is 1.92. The van der Waals surface area contributed by atoms with Crippen molar-refractivity contribution in [1.29, 1.82) is 0 Å². The van der Waals surface area contributed by atoms with E-state index < -0.39 is 16.1 Å². The van der Waals surface area contributed by atoms with E-state index in [-0.39, 0.29) is 10.8 Å². The first kappa shape index (κ1) is 20.4. The highest BCUT2D eigenvalue weighted by molar-refractivity contribution is 7.89. The van der Waals surface area contributed by atoms with Gasteiger partial charge in [0.2, 0.25) is 15.9 Å². The summed E-state index contributed by atoms with van der Waals surface area (Å²) < 4.78 is 32.7. The molecule has 0 aliphatic carbocycles. The van der Waals surface area contributed by atoms with Crippen LogP contribution in [0.4, 0.5) is 0 Å². The maximum absolute atomic E-state index is 13.1. The van der Waals surface area contributed by atoms with Gasteiger partial charge in [-0.25, -0.2) is 8.42 Å². The number of hydrogen-bond acceptors (Lipinski definition) is 4. The second kappa shape index (κ2) is 8.75. The molecule has 1 N–H and O–H groups in total. The van der Waals surface area contributed by atoms with Gasteiger partial charge in [-0.1, -0.05) is 36.2 Å². The van der Waals surface area contributed by atoms with Crippen molar-refractivity contribution in [3.05, 3.63) is 59.7 Å². The Balaban J connectivity index is 1.72. The number of methoxy groups -OCH3 is 1. The van der Waals surface area contributed by atoms with Crippen LogP contribution in [0.5, 0.6) is 5.75 Å². The quantitative estimate of drug-likeness (QED) is 0.806. The molecule has 1 aliphatic heterocycles. The number of ether oxygens (including phenoxy) is 1. The Bertz CT molecular complexity index is 908. The fraction of sp³-hybridized carbons (Fsp3) is 0.381. The number of carbonyl (C=O) groups is 1. The average Bonchev–Trinajstić information content (AvgIpc) is 2.72.